The van der Waals surface area contributed by atoms with Crippen LogP contribution < -0.4 is 5.32 Å². The molecule has 102 valence electrons. The third-order valence-corrected chi connectivity index (χ3v) is 3.21. The van der Waals surface area contributed by atoms with Crippen LogP contribution in [-0.4, -0.2) is 10.9 Å². The highest BCUT2D eigenvalue weighted by Gasteiger charge is 2.03. The molecule has 0 radical (unpaired) electrons. The summed E-state index contributed by atoms with van der Waals surface area (Å²) < 4.78 is 0.942. The number of anilines is 1. The molecule has 0 fully saturated rings. The first kappa shape index (κ1) is 14.3. The van der Waals surface area contributed by atoms with Crippen LogP contribution in [0.4, 0.5) is 5.69 Å². The number of phenolic OH excluding ortho intramolecular Hbond substituents is 1. The summed E-state index contributed by atoms with van der Waals surface area (Å²) in [4.78, 5) is 12.0. The van der Waals surface area contributed by atoms with E-state index in [0.29, 0.717) is 5.56 Å². The second kappa shape index (κ2) is 6.39. The monoisotopic (exact) mass is 331 g/mol. The molecule has 2 aromatic carbocycles. The number of carbonyl (C=O) groups excluding carboxylic acids is 1. The number of aromatic hydroxyl groups is 1. The van der Waals surface area contributed by atoms with Crippen molar-refractivity contribution in [2.75, 3.05) is 5.32 Å². The maximum atomic E-state index is 12.0. The fraction of sp³-hybridized carbons (Fsp3) is 0.0625. The Hall–Kier alpha value is -2.07. The fourth-order valence-corrected chi connectivity index (χ4v) is 1.97. The summed E-state index contributed by atoms with van der Waals surface area (Å²) in [6, 6.07) is 13.9. The lowest BCUT2D eigenvalue weighted by atomic mass is 10.1. The Morgan fingerprint density at radius 1 is 1.10 bits per heavy atom. The molecular formula is C16H14BrNO2. The predicted octanol–water partition coefficient (Wildman–Crippen LogP) is 4.35. The van der Waals surface area contributed by atoms with Crippen molar-refractivity contribution in [1.82, 2.24) is 0 Å². The van der Waals surface area contributed by atoms with Crippen LogP contribution in [0.15, 0.2) is 64.8 Å². The fourth-order valence-electron chi connectivity index (χ4n) is 1.70. The summed E-state index contributed by atoms with van der Waals surface area (Å²) in [5.41, 5.74) is 2.20. The first-order valence-corrected chi connectivity index (χ1v) is 6.88. The number of benzene rings is 2. The van der Waals surface area contributed by atoms with Gasteiger partial charge in [0.1, 0.15) is 5.75 Å². The number of hydrogen-bond donors (Lipinski definition) is 2. The van der Waals surface area contributed by atoms with Crippen molar-refractivity contribution in [2.24, 2.45) is 0 Å². The second-order valence-corrected chi connectivity index (χ2v) is 5.29. The number of rotatable bonds is 4. The predicted molar refractivity (Wildman–Crippen MR) is 84.0 cm³/mol. The molecule has 0 bridgehead atoms. The molecule has 0 saturated heterocycles. The number of halogens is 1. The van der Waals surface area contributed by atoms with Crippen LogP contribution in [0.5, 0.6) is 5.75 Å². The Morgan fingerprint density at radius 2 is 1.70 bits per heavy atom. The van der Waals surface area contributed by atoms with Gasteiger partial charge >= 0.3 is 0 Å². The molecule has 0 aliphatic heterocycles. The lowest BCUT2D eigenvalue weighted by molar-refractivity contribution is 0.104. The Morgan fingerprint density at radius 3 is 2.30 bits per heavy atom. The standard InChI is InChI=1S/C16H14BrNO2/c1-11(18-14-6-8-15(19)9-7-14)10-16(20)12-2-4-13(17)5-3-12/h2-10,18-19H,1H3/b11-10-. The van der Waals surface area contributed by atoms with E-state index in [4.69, 9.17) is 0 Å². The first-order valence-electron chi connectivity index (χ1n) is 6.09. The summed E-state index contributed by atoms with van der Waals surface area (Å²) in [6.45, 7) is 1.82. The minimum absolute atomic E-state index is 0.0544. The van der Waals surface area contributed by atoms with Gasteiger partial charge in [0.05, 0.1) is 0 Å². The molecule has 20 heavy (non-hydrogen) atoms. The van der Waals surface area contributed by atoms with E-state index in [1.165, 1.54) is 0 Å². The van der Waals surface area contributed by atoms with Crippen molar-refractivity contribution < 1.29 is 9.90 Å². The van der Waals surface area contributed by atoms with Crippen LogP contribution in [-0.2, 0) is 0 Å². The summed E-state index contributed by atoms with van der Waals surface area (Å²) in [5, 5.41) is 12.3. The zero-order valence-corrected chi connectivity index (χ0v) is 12.5. The van der Waals surface area contributed by atoms with Gasteiger partial charge in [0.25, 0.3) is 0 Å². The highest BCUT2D eigenvalue weighted by Crippen LogP contribution is 2.16. The Bertz CT molecular complexity index is 631. The molecular weight excluding hydrogens is 318 g/mol. The van der Waals surface area contributed by atoms with E-state index in [9.17, 15) is 9.90 Å². The number of carbonyl (C=O) groups is 1. The minimum atomic E-state index is -0.0544. The highest BCUT2D eigenvalue weighted by molar-refractivity contribution is 9.10. The van der Waals surface area contributed by atoms with Crippen LogP contribution in [0.25, 0.3) is 0 Å². The zero-order valence-electron chi connectivity index (χ0n) is 10.9. The average molecular weight is 332 g/mol. The van der Waals surface area contributed by atoms with Crippen LogP contribution in [0.1, 0.15) is 17.3 Å². The average Bonchev–Trinajstić information content (AvgIpc) is 2.42. The highest BCUT2D eigenvalue weighted by atomic mass is 79.9. The van der Waals surface area contributed by atoms with Gasteiger partial charge < -0.3 is 10.4 Å². The van der Waals surface area contributed by atoms with E-state index < -0.39 is 0 Å². The Labute approximate surface area is 126 Å². The minimum Gasteiger partial charge on any atom is -0.508 e. The van der Waals surface area contributed by atoms with Crippen LogP contribution >= 0.6 is 15.9 Å². The second-order valence-electron chi connectivity index (χ2n) is 4.37. The summed E-state index contributed by atoms with van der Waals surface area (Å²) in [7, 11) is 0. The molecule has 2 N–H and O–H groups in total. The van der Waals surface area contributed by atoms with Crippen molar-refractivity contribution in [3.63, 3.8) is 0 Å². The van der Waals surface area contributed by atoms with Crippen molar-refractivity contribution >= 4 is 27.4 Å². The van der Waals surface area contributed by atoms with Crippen molar-refractivity contribution in [3.05, 3.63) is 70.3 Å². The first-order chi connectivity index (χ1) is 9.54. The molecule has 0 amide bonds. The lowest BCUT2D eigenvalue weighted by Crippen LogP contribution is -2.01. The maximum Gasteiger partial charge on any atom is 0.187 e. The maximum absolute atomic E-state index is 12.0. The van der Waals surface area contributed by atoms with E-state index in [1.54, 1.807) is 42.5 Å². The number of allylic oxidation sites excluding steroid dienone is 2. The van der Waals surface area contributed by atoms with Crippen molar-refractivity contribution in [2.45, 2.75) is 6.92 Å². The van der Waals surface area contributed by atoms with Crippen molar-refractivity contribution in [3.8, 4) is 5.75 Å². The van der Waals surface area contributed by atoms with Crippen LogP contribution in [0.3, 0.4) is 0 Å². The summed E-state index contributed by atoms with van der Waals surface area (Å²) in [6.07, 6.45) is 1.55. The van der Waals surface area contributed by atoms with Gasteiger partial charge in [-0.25, -0.2) is 0 Å². The topological polar surface area (TPSA) is 49.3 Å². The molecule has 4 heteroatoms. The lowest BCUT2D eigenvalue weighted by Gasteiger charge is -2.06. The van der Waals surface area contributed by atoms with Gasteiger partial charge in [0.15, 0.2) is 5.78 Å². The molecule has 2 aromatic rings. The molecule has 2 rings (SSSR count). The van der Waals surface area contributed by atoms with E-state index in [1.807, 2.05) is 19.1 Å². The largest absolute Gasteiger partial charge is 0.508 e. The van der Waals surface area contributed by atoms with Gasteiger partial charge in [-0.2, -0.15) is 0 Å². The van der Waals surface area contributed by atoms with Crippen LogP contribution in [0, 0.1) is 0 Å². The van der Waals surface area contributed by atoms with Gasteiger partial charge in [-0.3, -0.25) is 4.79 Å². The SMILES string of the molecule is C/C(=C/C(=O)c1ccc(Br)cc1)Nc1ccc(O)cc1. The van der Waals surface area contributed by atoms with E-state index in [-0.39, 0.29) is 11.5 Å². The van der Waals surface area contributed by atoms with Crippen LogP contribution in [0.2, 0.25) is 0 Å². The van der Waals surface area contributed by atoms with E-state index in [0.717, 1.165) is 15.9 Å². The van der Waals surface area contributed by atoms with Gasteiger partial charge in [0.2, 0.25) is 0 Å². The van der Waals surface area contributed by atoms with Gasteiger partial charge in [-0.05, 0) is 55.5 Å². The third-order valence-electron chi connectivity index (χ3n) is 2.69. The Kier molecular flexibility index (Phi) is 4.58. The summed E-state index contributed by atoms with van der Waals surface area (Å²) in [5.74, 6) is 0.157. The molecule has 0 aliphatic carbocycles. The number of hydrogen-bond acceptors (Lipinski definition) is 3. The molecule has 0 spiro atoms. The Balaban J connectivity index is 2.07. The molecule has 0 aromatic heterocycles. The van der Waals surface area contributed by atoms with Gasteiger partial charge in [0, 0.05) is 27.5 Å². The molecule has 0 heterocycles. The quantitative estimate of drug-likeness (QED) is 0.497. The molecule has 3 nitrogen and oxygen atoms in total. The number of phenols is 1. The van der Waals surface area contributed by atoms with Crippen molar-refractivity contribution in [1.29, 1.82) is 0 Å². The smallest absolute Gasteiger partial charge is 0.187 e. The zero-order chi connectivity index (χ0) is 14.5. The van der Waals surface area contributed by atoms with E-state index >= 15 is 0 Å². The van der Waals surface area contributed by atoms with Gasteiger partial charge in [-0.15, -0.1) is 0 Å². The molecule has 0 atom stereocenters. The van der Waals surface area contributed by atoms with E-state index in [2.05, 4.69) is 21.2 Å². The molecule has 0 aliphatic rings. The third kappa shape index (κ3) is 3.96. The van der Waals surface area contributed by atoms with Gasteiger partial charge in [-0.1, -0.05) is 15.9 Å². The number of ketones is 1. The summed E-state index contributed by atoms with van der Waals surface area (Å²) >= 11 is 3.34. The molecule has 0 saturated carbocycles. The number of nitrogens with one attached hydrogen (secondary N) is 1. The molecule has 0 unspecified atom stereocenters. The normalized spacial score (nSPS) is 11.2.